The molecule has 15 rings (SSSR count). The summed E-state index contributed by atoms with van der Waals surface area (Å²) in [6.07, 6.45) is 6.91. The van der Waals surface area contributed by atoms with E-state index in [0.29, 0.717) is 17.8 Å². The zero-order valence-corrected chi connectivity index (χ0v) is 36.1. The van der Waals surface area contributed by atoms with Crippen molar-refractivity contribution < 1.29 is 0 Å². The smallest absolute Gasteiger partial charge is 0.235 e. The normalized spacial score (nSPS) is 18.8. The molecule has 4 nitrogen and oxygen atoms in total. The fourth-order valence-corrected chi connectivity index (χ4v) is 12.5. The second kappa shape index (κ2) is 14.5. The van der Waals surface area contributed by atoms with Crippen LogP contribution in [-0.4, -0.2) is 19.1 Å². The lowest BCUT2D eigenvalue weighted by atomic mass is 9.67. The fraction of sp³-hybridized carbons (Fsp3) is 0.148. The summed E-state index contributed by atoms with van der Waals surface area (Å²) in [7, 11) is 0. The molecular weight excluding hydrogens is 789 g/mol. The Balaban J connectivity index is 0.987. The molecule has 2 fully saturated rings. The number of benzene rings is 8. The maximum absolute atomic E-state index is 5.34. The average molecular weight is 835 g/mol. The third-order valence-corrected chi connectivity index (χ3v) is 15.3. The van der Waals surface area contributed by atoms with Gasteiger partial charge in [-0.05, 0) is 156 Å². The van der Waals surface area contributed by atoms with Crippen molar-refractivity contribution in [2.45, 2.75) is 43.9 Å². The molecule has 310 valence electrons. The summed E-state index contributed by atoms with van der Waals surface area (Å²) in [6.45, 7) is 0. The van der Waals surface area contributed by atoms with Crippen molar-refractivity contribution in [2.24, 2.45) is 11.8 Å². The van der Waals surface area contributed by atoms with Gasteiger partial charge in [0, 0.05) is 38.4 Å². The van der Waals surface area contributed by atoms with E-state index in [-0.39, 0.29) is 0 Å². The first kappa shape index (κ1) is 36.9. The van der Waals surface area contributed by atoms with Crippen LogP contribution >= 0.6 is 0 Å². The van der Waals surface area contributed by atoms with Crippen LogP contribution in [0.25, 0.3) is 100 Å². The standard InChI is InChI=1S/C61H46N4/c1-5-13-40(14-6-1)43-21-25-58-51(32-43)52-33-45(23-26-59(52)65(58)61-62-55(41-15-7-2-8-16-41)37-56(63-61)42-17-9-3-10-18-42)44-22-24-57-53(34-44)54-35-49-46-28-38-27-39(29-46)31-47(30-38)50(49)36-60(54)64(57)48-19-11-4-12-20-48/h1-26,32-39,46-47H,27-31H2. The van der Waals surface area contributed by atoms with E-state index in [1.807, 2.05) is 0 Å². The number of nitrogens with zero attached hydrogens (tertiary/aromatic N) is 4. The Morgan fingerprint density at radius 3 is 1.25 bits per heavy atom. The molecule has 2 unspecified atom stereocenters. The van der Waals surface area contributed by atoms with E-state index in [1.54, 1.807) is 11.1 Å². The zero-order chi connectivity index (χ0) is 42.6. The molecular formula is C61H46N4. The molecule has 2 saturated carbocycles. The van der Waals surface area contributed by atoms with Crippen LogP contribution in [0.2, 0.25) is 0 Å². The van der Waals surface area contributed by atoms with Gasteiger partial charge >= 0.3 is 0 Å². The highest BCUT2D eigenvalue weighted by Gasteiger charge is 2.42. The molecule has 11 aromatic rings. The Bertz CT molecular complexity index is 3570. The largest absolute Gasteiger partial charge is 0.309 e. The number of aromatic nitrogens is 4. The van der Waals surface area contributed by atoms with Crippen LogP contribution in [0.3, 0.4) is 0 Å². The molecule has 0 amide bonds. The lowest BCUT2D eigenvalue weighted by Crippen LogP contribution is -2.25. The summed E-state index contributed by atoms with van der Waals surface area (Å²) in [5.74, 6) is 3.81. The molecule has 0 saturated heterocycles. The Morgan fingerprint density at radius 2 is 0.738 bits per heavy atom. The minimum Gasteiger partial charge on any atom is -0.309 e. The van der Waals surface area contributed by atoms with Crippen LogP contribution < -0.4 is 0 Å². The molecule has 3 aromatic heterocycles. The lowest BCUT2D eigenvalue weighted by Gasteiger charge is -2.38. The second-order valence-electron chi connectivity index (χ2n) is 19.0. The molecule has 4 aliphatic carbocycles. The first-order valence-electron chi connectivity index (χ1n) is 23.5. The number of rotatable bonds is 6. The van der Waals surface area contributed by atoms with Gasteiger partial charge in [0.15, 0.2) is 0 Å². The van der Waals surface area contributed by atoms with Crippen molar-refractivity contribution in [3.63, 3.8) is 0 Å². The van der Waals surface area contributed by atoms with E-state index in [2.05, 4.69) is 203 Å². The van der Waals surface area contributed by atoms with Gasteiger partial charge in [-0.15, -0.1) is 0 Å². The molecule has 0 radical (unpaired) electrons. The zero-order valence-electron chi connectivity index (χ0n) is 36.1. The van der Waals surface area contributed by atoms with Gasteiger partial charge in [-0.2, -0.15) is 0 Å². The molecule has 0 spiro atoms. The van der Waals surface area contributed by atoms with Crippen LogP contribution in [0.15, 0.2) is 194 Å². The molecule has 4 heteroatoms. The fourth-order valence-electron chi connectivity index (χ4n) is 12.5. The van der Waals surface area contributed by atoms with Crippen molar-refractivity contribution >= 4 is 43.6 Å². The second-order valence-corrected chi connectivity index (χ2v) is 19.0. The van der Waals surface area contributed by atoms with Gasteiger partial charge in [-0.25, -0.2) is 9.97 Å². The molecule has 4 bridgehead atoms. The van der Waals surface area contributed by atoms with Gasteiger partial charge < -0.3 is 4.57 Å². The summed E-state index contributed by atoms with van der Waals surface area (Å²) >= 11 is 0. The molecule has 0 N–H and O–H groups in total. The Labute approximate surface area is 378 Å². The molecule has 3 heterocycles. The van der Waals surface area contributed by atoms with Gasteiger partial charge in [0.1, 0.15) is 0 Å². The van der Waals surface area contributed by atoms with Crippen molar-refractivity contribution in [3.05, 3.63) is 205 Å². The molecule has 0 aliphatic heterocycles. The van der Waals surface area contributed by atoms with Crippen molar-refractivity contribution in [1.82, 2.24) is 19.1 Å². The summed E-state index contributed by atoms with van der Waals surface area (Å²) < 4.78 is 4.80. The lowest BCUT2D eigenvalue weighted by molar-refractivity contribution is 0.166. The van der Waals surface area contributed by atoms with Crippen LogP contribution in [0.1, 0.15) is 55.1 Å². The van der Waals surface area contributed by atoms with E-state index in [9.17, 15) is 0 Å². The minimum atomic E-state index is 0.654. The molecule has 4 aliphatic rings. The molecule has 8 aromatic carbocycles. The van der Waals surface area contributed by atoms with E-state index < -0.39 is 0 Å². The van der Waals surface area contributed by atoms with Crippen LogP contribution in [-0.2, 0) is 0 Å². The van der Waals surface area contributed by atoms with Gasteiger partial charge in [0.25, 0.3) is 0 Å². The SMILES string of the molecule is c1ccc(-c2ccc3c(c2)c2cc(-c4ccc5c(c4)c4cc6c(cc4n5-c4ccccc4)C4CC5CC(CC6C5)C4)ccc2n3-c2nc(-c3ccccc3)cc(-c3ccccc3)n2)cc1. The predicted molar refractivity (Wildman–Crippen MR) is 268 cm³/mol. The Morgan fingerprint density at radius 1 is 0.323 bits per heavy atom. The summed E-state index contributed by atoms with van der Waals surface area (Å²) in [5.41, 5.74) is 17.9. The van der Waals surface area contributed by atoms with Crippen LogP contribution in [0.4, 0.5) is 0 Å². The van der Waals surface area contributed by atoms with Gasteiger partial charge in [0.2, 0.25) is 5.95 Å². The summed E-state index contributed by atoms with van der Waals surface area (Å²) in [5, 5.41) is 5.04. The van der Waals surface area contributed by atoms with Crippen LogP contribution in [0, 0.1) is 11.8 Å². The first-order valence-corrected chi connectivity index (χ1v) is 23.5. The number of para-hydroxylation sites is 1. The van der Waals surface area contributed by atoms with Crippen molar-refractivity contribution in [2.75, 3.05) is 0 Å². The van der Waals surface area contributed by atoms with E-state index in [1.165, 1.54) is 92.6 Å². The average Bonchev–Trinajstić information content (AvgIpc) is 3.81. The number of hydrogen-bond acceptors (Lipinski definition) is 2. The quantitative estimate of drug-likeness (QED) is 0.167. The highest BCUT2D eigenvalue weighted by atomic mass is 15.2. The molecule has 2 atom stereocenters. The highest BCUT2D eigenvalue weighted by molar-refractivity contribution is 6.13. The van der Waals surface area contributed by atoms with E-state index >= 15 is 0 Å². The van der Waals surface area contributed by atoms with Crippen molar-refractivity contribution in [1.29, 1.82) is 0 Å². The third-order valence-electron chi connectivity index (χ3n) is 15.3. The number of fused-ring (bicyclic) bond motifs is 6. The van der Waals surface area contributed by atoms with E-state index in [0.717, 1.165) is 45.4 Å². The van der Waals surface area contributed by atoms with Crippen LogP contribution in [0.5, 0.6) is 0 Å². The Hall–Kier alpha value is -7.56. The summed E-state index contributed by atoms with van der Waals surface area (Å²) in [6, 6.07) is 71.0. The van der Waals surface area contributed by atoms with Gasteiger partial charge in [0.05, 0.1) is 33.5 Å². The minimum absolute atomic E-state index is 0.654. The van der Waals surface area contributed by atoms with Gasteiger partial charge in [-0.1, -0.05) is 127 Å². The third kappa shape index (κ3) is 5.97. The van der Waals surface area contributed by atoms with E-state index in [4.69, 9.17) is 9.97 Å². The topological polar surface area (TPSA) is 35.6 Å². The monoisotopic (exact) mass is 834 g/mol. The number of hydrogen-bond donors (Lipinski definition) is 0. The van der Waals surface area contributed by atoms with Gasteiger partial charge in [-0.3, -0.25) is 4.57 Å². The molecule has 65 heavy (non-hydrogen) atoms. The highest BCUT2D eigenvalue weighted by Crippen LogP contribution is 2.57. The maximum atomic E-state index is 5.34. The summed E-state index contributed by atoms with van der Waals surface area (Å²) in [4.78, 5) is 10.7. The first-order chi connectivity index (χ1) is 32.2. The predicted octanol–water partition coefficient (Wildman–Crippen LogP) is 15.7. The maximum Gasteiger partial charge on any atom is 0.235 e. The Kier molecular flexibility index (Phi) is 8.22. The van der Waals surface area contributed by atoms with Crippen molar-refractivity contribution in [3.8, 4) is 56.4 Å².